The van der Waals surface area contributed by atoms with E-state index in [9.17, 15) is 9.59 Å². The molecule has 0 bridgehead atoms. The fourth-order valence-electron chi connectivity index (χ4n) is 2.07. The van der Waals surface area contributed by atoms with Crippen LogP contribution in [0, 0.1) is 0 Å². The number of fused-ring (bicyclic) bond motifs is 1. The van der Waals surface area contributed by atoms with Crippen LogP contribution in [0.4, 0.5) is 0 Å². The van der Waals surface area contributed by atoms with Crippen LogP contribution in [-0.2, 0) is 4.79 Å². The van der Waals surface area contributed by atoms with Crippen molar-refractivity contribution in [1.29, 1.82) is 0 Å². The van der Waals surface area contributed by atoms with Gasteiger partial charge in [-0.25, -0.2) is 0 Å². The lowest BCUT2D eigenvalue weighted by atomic mass is 10.1. The van der Waals surface area contributed by atoms with Gasteiger partial charge < -0.3 is 9.80 Å². The van der Waals surface area contributed by atoms with E-state index in [1.54, 1.807) is 19.0 Å². The van der Waals surface area contributed by atoms with Crippen LogP contribution in [-0.4, -0.2) is 42.3 Å². The van der Waals surface area contributed by atoms with E-state index < -0.39 is 0 Å². The molecule has 1 atom stereocenters. The number of hydrogen-bond donors (Lipinski definition) is 0. The Morgan fingerprint density at radius 2 is 2.11 bits per heavy atom. The molecule has 1 aliphatic rings. The maximum Gasteiger partial charge on any atom is 0.255 e. The van der Waals surface area contributed by atoms with Gasteiger partial charge in [-0.15, -0.1) is 0 Å². The minimum atomic E-state index is -0.0750. The zero-order valence-electron chi connectivity index (χ0n) is 10.6. The van der Waals surface area contributed by atoms with E-state index in [0.717, 1.165) is 10.0 Å². The highest BCUT2D eigenvalue weighted by Gasteiger charge is 2.35. The van der Waals surface area contributed by atoms with Crippen molar-refractivity contribution in [3.05, 3.63) is 33.8 Å². The first kappa shape index (κ1) is 13.1. The molecule has 2 rings (SSSR count). The van der Waals surface area contributed by atoms with Crippen LogP contribution in [0.3, 0.4) is 0 Å². The Labute approximate surface area is 115 Å². The number of carbonyl (C=O) groups is 2. The summed E-state index contributed by atoms with van der Waals surface area (Å²) in [5.41, 5.74) is 1.66. The normalized spacial score (nSPS) is 17.9. The quantitative estimate of drug-likeness (QED) is 0.839. The number of amides is 2. The molecule has 1 aromatic rings. The average molecular weight is 311 g/mol. The Balaban J connectivity index is 2.28. The highest BCUT2D eigenvalue weighted by molar-refractivity contribution is 9.10. The van der Waals surface area contributed by atoms with Gasteiger partial charge >= 0.3 is 0 Å². The lowest BCUT2D eigenvalue weighted by molar-refractivity contribution is -0.129. The number of rotatable bonds is 2. The van der Waals surface area contributed by atoms with Gasteiger partial charge in [0.05, 0.1) is 6.04 Å². The van der Waals surface area contributed by atoms with Gasteiger partial charge in [0, 0.05) is 24.1 Å². The van der Waals surface area contributed by atoms with Crippen molar-refractivity contribution in [2.75, 3.05) is 20.6 Å². The zero-order valence-corrected chi connectivity index (χ0v) is 12.2. The Morgan fingerprint density at radius 3 is 2.72 bits per heavy atom. The molecule has 0 fully saturated rings. The Kier molecular flexibility index (Phi) is 3.43. The summed E-state index contributed by atoms with van der Waals surface area (Å²) < 4.78 is 0.877. The van der Waals surface area contributed by atoms with Crippen LogP contribution in [0.1, 0.15) is 28.9 Å². The maximum atomic E-state index is 12.3. The van der Waals surface area contributed by atoms with Crippen LogP contribution in [0.25, 0.3) is 0 Å². The van der Waals surface area contributed by atoms with E-state index in [0.29, 0.717) is 5.56 Å². The molecule has 0 aromatic heterocycles. The van der Waals surface area contributed by atoms with Crippen LogP contribution in [0.2, 0.25) is 0 Å². The number of halogens is 1. The minimum Gasteiger partial charge on any atom is -0.347 e. The topological polar surface area (TPSA) is 40.6 Å². The molecular weight excluding hydrogens is 296 g/mol. The van der Waals surface area contributed by atoms with Gasteiger partial charge in [-0.3, -0.25) is 9.59 Å². The number of nitrogens with zero attached hydrogens (tertiary/aromatic N) is 2. The second-order valence-electron chi connectivity index (χ2n) is 4.63. The van der Waals surface area contributed by atoms with Gasteiger partial charge in [0.1, 0.15) is 6.54 Å². The van der Waals surface area contributed by atoms with Crippen molar-refractivity contribution in [3.63, 3.8) is 0 Å². The molecule has 0 radical (unpaired) electrons. The van der Waals surface area contributed by atoms with Crippen LogP contribution in [0.15, 0.2) is 22.7 Å². The van der Waals surface area contributed by atoms with Gasteiger partial charge in [0.2, 0.25) is 5.91 Å². The van der Waals surface area contributed by atoms with Gasteiger partial charge in [0.15, 0.2) is 0 Å². The van der Waals surface area contributed by atoms with Gasteiger partial charge in [-0.1, -0.05) is 22.0 Å². The number of likely N-dealkylation sites (N-methyl/N-ethyl adjacent to an activating group) is 1. The SMILES string of the molecule is CC1c2ccc(Br)cc2C(=O)N1CC(=O)N(C)C. The summed E-state index contributed by atoms with van der Waals surface area (Å²) in [7, 11) is 3.38. The summed E-state index contributed by atoms with van der Waals surface area (Å²) in [6.07, 6.45) is 0. The standard InChI is InChI=1S/C13H15BrN2O2/c1-8-10-5-4-9(14)6-11(10)13(18)16(8)7-12(17)15(2)3/h4-6,8H,7H2,1-3H3. The first-order chi connectivity index (χ1) is 8.41. The Morgan fingerprint density at radius 1 is 1.44 bits per heavy atom. The molecule has 0 aliphatic carbocycles. The van der Waals surface area contributed by atoms with E-state index in [1.807, 2.05) is 25.1 Å². The number of carbonyl (C=O) groups excluding carboxylic acids is 2. The van der Waals surface area contributed by atoms with Gasteiger partial charge in [-0.05, 0) is 24.6 Å². The third kappa shape index (κ3) is 2.14. The molecule has 0 saturated carbocycles. The first-order valence-electron chi connectivity index (χ1n) is 5.72. The molecule has 96 valence electrons. The third-order valence-electron chi connectivity index (χ3n) is 3.23. The molecule has 1 aliphatic heterocycles. The van der Waals surface area contributed by atoms with Crippen LogP contribution < -0.4 is 0 Å². The lowest BCUT2D eigenvalue weighted by Crippen LogP contribution is -2.38. The third-order valence-corrected chi connectivity index (χ3v) is 3.72. The van der Waals surface area contributed by atoms with Crippen LogP contribution >= 0.6 is 15.9 Å². The van der Waals surface area contributed by atoms with E-state index in [-0.39, 0.29) is 24.4 Å². The Hall–Kier alpha value is -1.36. The molecule has 4 nitrogen and oxygen atoms in total. The van der Waals surface area contributed by atoms with Gasteiger partial charge in [-0.2, -0.15) is 0 Å². The molecular formula is C13H15BrN2O2. The molecule has 0 saturated heterocycles. The van der Waals surface area contributed by atoms with Crippen molar-refractivity contribution in [2.45, 2.75) is 13.0 Å². The molecule has 1 heterocycles. The fourth-order valence-corrected chi connectivity index (χ4v) is 2.43. The predicted molar refractivity (Wildman–Crippen MR) is 72.3 cm³/mol. The van der Waals surface area contributed by atoms with Crippen LogP contribution in [0.5, 0.6) is 0 Å². The van der Waals surface area contributed by atoms with E-state index in [4.69, 9.17) is 0 Å². The number of hydrogen-bond acceptors (Lipinski definition) is 2. The maximum absolute atomic E-state index is 12.3. The second kappa shape index (κ2) is 4.72. The van der Waals surface area contributed by atoms with Crippen molar-refractivity contribution in [1.82, 2.24) is 9.80 Å². The van der Waals surface area contributed by atoms with Crippen molar-refractivity contribution >= 4 is 27.7 Å². The van der Waals surface area contributed by atoms with E-state index >= 15 is 0 Å². The minimum absolute atomic E-state index is 0.0514. The highest BCUT2D eigenvalue weighted by Crippen LogP contribution is 2.34. The highest BCUT2D eigenvalue weighted by atomic mass is 79.9. The lowest BCUT2D eigenvalue weighted by Gasteiger charge is -2.23. The summed E-state index contributed by atoms with van der Waals surface area (Å²) >= 11 is 3.36. The van der Waals surface area contributed by atoms with Crippen molar-refractivity contribution in [2.24, 2.45) is 0 Å². The van der Waals surface area contributed by atoms with Gasteiger partial charge in [0.25, 0.3) is 5.91 Å². The summed E-state index contributed by atoms with van der Waals surface area (Å²) in [4.78, 5) is 27.1. The number of benzene rings is 1. The summed E-state index contributed by atoms with van der Waals surface area (Å²) in [6, 6.07) is 5.61. The monoisotopic (exact) mass is 310 g/mol. The Bertz CT molecular complexity index is 514. The fraction of sp³-hybridized carbons (Fsp3) is 0.385. The molecule has 1 unspecified atom stereocenters. The summed E-state index contributed by atoms with van der Waals surface area (Å²) in [5, 5.41) is 0. The average Bonchev–Trinajstić information content (AvgIpc) is 2.54. The smallest absolute Gasteiger partial charge is 0.255 e. The predicted octanol–water partition coefficient (Wildman–Crippen LogP) is 2.05. The van der Waals surface area contributed by atoms with Crippen molar-refractivity contribution < 1.29 is 9.59 Å². The van der Waals surface area contributed by atoms with Crippen molar-refractivity contribution in [3.8, 4) is 0 Å². The summed E-state index contributed by atoms with van der Waals surface area (Å²) in [5.74, 6) is -0.143. The first-order valence-corrected chi connectivity index (χ1v) is 6.51. The zero-order chi connectivity index (χ0) is 13.4. The molecule has 18 heavy (non-hydrogen) atoms. The van der Waals surface area contributed by atoms with E-state index in [1.165, 1.54) is 4.90 Å². The summed E-state index contributed by atoms with van der Waals surface area (Å²) in [6.45, 7) is 2.07. The molecule has 0 N–H and O–H groups in total. The molecule has 0 spiro atoms. The molecule has 2 amide bonds. The molecule has 1 aromatic carbocycles. The molecule has 5 heteroatoms. The second-order valence-corrected chi connectivity index (χ2v) is 5.54. The van der Waals surface area contributed by atoms with E-state index in [2.05, 4.69) is 15.9 Å². The largest absolute Gasteiger partial charge is 0.347 e.